The third kappa shape index (κ3) is 4.97. The van der Waals surface area contributed by atoms with Crippen molar-refractivity contribution < 1.29 is 9.59 Å². The quantitative estimate of drug-likeness (QED) is 0.816. The minimum atomic E-state index is -0.208. The second kappa shape index (κ2) is 9.16. The van der Waals surface area contributed by atoms with Crippen molar-refractivity contribution in [3.63, 3.8) is 0 Å². The number of likely N-dealkylation sites (N-methyl/N-ethyl adjacent to an activating group) is 1. The van der Waals surface area contributed by atoms with Gasteiger partial charge in [0.2, 0.25) is 5.91 Å². The molecule has 27 heavy (non-hydrogen) atoms. The fourth-order valence-electron chi connectivity index (χ4n) is 2.86. The summed E-state index contributed by atoms with van der Waals surface area (Å²) >= 11 is 6.10. The lowest BCUT2D eigenvalue weighted by Crippen LogP contribution is -2.48. The van der Waals surface area contributed by atoms with E-state index < -0.39 is 0 Å². The second-order valence-electron chi connectivity index (χ2n) is 6.36. The highest BCUT2D eigenvalue weighted by atomic mass is 35.5. The van der Waals surface area contributed by atoms with Gasteiger partial charge in [-0.3, -0.25) is 9.59 Å². The van der Waals surface area contributed by atoms with Gasteiger partial charge in [-0.2, -0.15) is 0 Å². The number of piperazine rings is 1. The summed E-state index contributed by atoms with van der Waals surface area (Å²) in [6, 6.07) is 7.37. The Balaban J connectivity index is 0.00000261. The van der Waals surface area contributed by atoms with Crippen molar-refractivity contribution >= 4 is 35.8 Å². The summed E-state index contributed by atoms with van der Waals surface area (Å²) in [6.07, 6.45) is 1.51. The zero-order chi connectivity index (χ0) is 18.7. The summed E-state index contributed by atoms with van der Waals surface area (Å²) in [5, 5.41) is 11.8. The predicted molar refractivity (Wildman–Crippen MR) is 104 cm³/mol. The number of amides is 2. The van der Waals surface area contributed by atoms with Crippen LogP contribution in [0.2, 0.25) is 5.02 Å². The van der Waals surface area contributed by atoms with E-state index in [1.165, 1.54) is 15.8 Å². The maximum atomic E-state index is 13.0. The zero-order valence-electron chi connectivity index (χ0n) is 15.1. The van der Waals surface area contributed by atoms with Crippen molar-refractivity contribution in [3.05, 3.63) is 46.7 Å². The number of halogens is 2. The molecule has 1 aromatic carbocycles. The first-order valence-corrected chi connectivity index (χ1v) is 8.71. The minimum Gasteiger partial charge on any atom is -0.347 e. The largest absolute Gasteiger partial charge is 0.347 e. The molecule has 2 aromatic rings. The molecule has 1 aliphatic rings. The molecule has 0 saturated carbocycles. The van der Waals surface area contributed by atoms with E-state index in [2.05, 4.69) is 15.6 Å². The van der Waals surface area contributed by atoms with Crippen LogP contribution in [0.5, 0.6) is 0 Å². The molecule has 0 radical (unpaired) electrons. The molecule has 146 valence electrons. The minimum absolute atomic E-state index is 0. The Hall–Kier alpha value is -2.16. The standard InChI is InChI=1S/C17H21ClN6O2.ClH/c1-22(2)16(25)11-23-10-14(20-21-23)17(26)24-7-6-19-9-15(24)12-4-3-5-13(18)8-12;/h3-5,8,10,15,19H,6-7,9,11H2,1-2H3;1H. The van der Waals surface area contributed by atoms with Gasteiger partial charge in [-0.05, 0) is 17.7 Å². The molecular weight excluding hydrogens is 391 g/mol. The van der Waals surface area contributed by atoms with Crippen LogP contribution in [0.1, 0.15) is 22.1 Å². The summed E-state index contributed by atoms with van der Waals surface area (Å²) in [5.74, 6) is -0.326. The van der Waals surface area contributed by atoms with Crippen LogP contribution in [0.25, 0.3) is 0 Å². The van der Waals surface area contributed by atoms with E-state index in [9.17, 15) is 9.59 Å². The highest BCUT2D eigenvalue weighted by Crippen LogP contribution is 2.25. The number of benzene rings is 1. The Labute approximate surface area is 168 Å². The Morgan fingerprint density at radius 2 is 2.15 bits per heavy atom. The van der Waals surface area contributed by atoms with Crippen molar-refractivity contribution in [2.45, 2.75) is 12.6 Å². The SMILES string of the molecule is CN(C)C(=O)Cn1cc(C(=O)N2CCNCC2c2cccc(Cl)c2)nn1.Cl. The van der Waals surface area contributed by atoms with E-state index in [4.69, 9.17) is 11.6 Å². The maximum Gasteiger partial charge on any atom is 0.276 e. The van der Waals surface area contributed by atoms with Gasteiger partial charge in [0.05, 0.1) is 12.2 Å². The molecule has 2 heterocycles. The van der Waals surface area contributed by atoms with Gasteiger partial charge in [0.25, 0.3) is 5.91 Å². The van der Waals surface area contributed by atoms with Crippen LogP contribution in [-0.2, 0) is 11.3 Å². The number of rotatable bonds is 4. The van der Waals surface area contributed by atoms with Crippen LogP contribution >= 0.6 is 24.0 Å². The average Bonchev–Trinajstić information content (AvgIpc) is 3.09. The van der Waals surface area contributed by atoms with Gasteiger partial charge in [0.1, 0.15) is 6.54 Å². The first-order valence-electron chi connectivity index (χ1n) is 8.33. The van der Waals surface area contributed by atoms with E-state index in [0.717, 1.165) is 5.56 Å². The summed E-state index contributed by atoms with van der Waals surface area (Å²) < 4.78 is 1.38. The highest BCUT2D eigenvalue weighted by molar-refractivity contribution is 6.30. The zero-order valence-corrected chi connectivity index (χ0v) is 16.7. The predicted octanol–water partition coefficient (Wildman–Crippen LogP) is 1.23. The molecule has 0 spiro atoms. The normalized spacial score (nSPS) is 16.6. The Kier molecular flexibility index (Phi) is 7.18. The fraction of sp³-hybridized carbons (Fsp3) is 0.412. The molecule has 1 atom stereocenters. The Morgan fingerprint density at radius 1 is 1.37 bits per heavy atom. The van der Waals surface area contributed by atoms with Gasteiger partial charge in [-0.15, -0.1) is 17.5 Å². The molecule has 2 amide bonds. The van der Waals surface area contributed by atoms with Crippen molar-refractivity contribution in [1.82, 2.24) is 30.1 Å². The van der Waals surface area contributed by atoms with Crippen LogP contribution in [-0.4, -0.2) is 70.3 Å². The van der Waals surface area contributed by atoms with Gasteiger partial charge in [-0.25, -0.2) is 4.68 Å². The van der Waals surface area contributed by atoms with Crippen LogP contribution < -0.4 is 5.32 Å². The molecule has 3 rings (SSSR count). The van der Waals surface area contributed by atoms with Crippen LogP contribution in [0.3, 0.4) is 0 Å². The average molecular weight is 413 g/mol. The number of nitrogens with zero attached hydrogens (tertiary/aromatic N) is 5. The molecule has 1 saturated heterocycles. The van der Waals surface area contributed by atoms with Crippen molar-refractivity contribution in [1.29, 1.82) is 0 Å². The molecule has 8 nitrogen and oxygen atoms in total. The third-order valence-electron chi connectivity index (χ3n) is 4.29. The lowest BCUT2D eigenvalue weighted by Gasteiger charge is -2.36. The van der Waals surface area contributed by atoms with Gasteiger partial charge in [0, 0.05) is 38.8 Å². The summed E-state index contributed by atoms with van der Waals surface area (Å²) in [4.78, 5) is 28.0. The number of carbonyl (C=O) groups excluding carboxylic acids is 2. The van der Waals surface area contributed by atoms with Crippen molar-refractivity contribution in [3.8, 4) is 0 Å². The van der Waals surface area contributed by atoms with E-state index >= 15 is 0 Å². The molecule has 1 aliphatic heterocycles. The van der Waals surface area contributed by atoms with Crippen LogP contribution in [0.15, 0.2) is 30.5 Å². The van der Waals surface area contributed by atoms with E-state index in [-0.39, 0.29) is 42.5 Å². The van der Waals surface area contributed by atoms with Gasteiger partial charge < -0.3 is 15.1 Å². The third-order valence-corrected chi connectivity index (χ3v) is 4.53. The lowest BCUT2D eigenvalue weighted by atomic mass is 10.0. The Bertz CT molecular complexity index is 810. The van der Waals surface area contributed by atoms with Gasteiger partial charge in [0.15, 0.2) is 5.69 Å². The molecule has 1 fully saturated rings. The molecule has 1 unspecified atom stereocenters. The molecule has 1 N–H and O–H groups in total. The van der Waals surface area contributed by atoms with E-state index in [1.807, 2.05) is 18.2 Å². The topological polar surface area (TPSA) is 83.4 Å². The molecule has 0 aliphatic carbocycles. The molecular formula is C17H22Cl2N6O2. The Morgan fingerprint density at radius 3 is 2.85 bits per heavy atom. The van der Waals surface area contributed by atoms with E-state index in [1.54, 1.807) is 25.1 Å². The van der Waals surface area contributed by atoms with E-state index in [0.29, 0.717) is 24.7 Å². The first-order chi connectivity index (χ1) is 12.5. The van der Waals surface area contributed by atoms with Gasteiger partial charge in [-0.1, -0.05) is 28.9 Å². The van der Waals surface area contributed by atoms with Crippen LogP contribution in [0, 0.1) is 0 Å². The fourth-order valence-corrected chi connectivity index (χ4v) is 3.06. The van der Waals surface area contributed by atoms with Crippen molar-refractivity contribution in [2.24, 2.45) is 0 Å². The number of hydrogen-bond donors (Lipinski definition) is 1. The number of carbonyl (C=O) groups is 2. The molecule has 1 aromatic heterocycles. The van der Waals surface area contributed by atoms with Crippen molar-refractivity contribution in [2.75, 3.05) is 33.7 Å². The maximum absolute atomic E-state index is 13.0. The summed E-state index contributed by atoms with van der Waals surface area (Å²) in [5.41, 5.74) is 1.19. The first kappa shape index (κ1) is 21.1. The number of aromatic nitrogens is 3. The number of nitrogens with one attached hydrogen (secondary N) is 1. The van der Waals surface area contributed by atoms with Crippen LogP contribution in [0.4, 0.5) is 0 Å². The lowest BCUT2D eigenvalue weighted by molar-refractivity contribution is -0.129. The van der Waals surface area contributed by atoms with Gasteiger partial charge >= 0.3 is 0 Å². The second-order valence-corrected chi connectivity index (χ2v) is 6.80. The summed E-state index contributed by atoms with van der Waals surface area (Å²) in [7, 11) is 3.34. The smallest absolute Gasteiger partial charge is 0.276 e. The highest BCUT2D eigenvalue weighted by Gasteiger charge is 2.30. The summed E-state index contributed by atoms with van der Waals surface area (Å²) in [6.45, 7) is 1.95. The molecule has 0 bridgehead atoms. The number of hydrogen-bond acceptors (Lipinski definition) is 5. The monoisotopic (exact) mass is 412 g/mol. The molecule has 10 heteroatoms.